The molecule has 0 bridgehead atoms. The van der Waals surface area contributed by atoms with Gasteiger partial charge >= 0.3 is 0 Å². The maximum Gasteiger partial charge on any atom is 0.258 e. The summed E-state index contributed by atoms with van der Waals surface area (Å²) in [7, 11) is 1.57. The number of Topliss-reactive ketones (excluding diaryl/α,β-unsaturated/α-hetero) is 1. The van der Waals surface area contributed by atoms with Gasteiger partial charge in [0, 0.05) is 19.2 Å². The van der Waals surface area contributed by atoms with Crippen LogP contribution in [0.5, 0.6) is 5.75 Å². The third kappa shape index (κ3) is 4.97. The van der Waals surface area contributed by atoms with Crippen molar-refractivity contribution in [1.29, 1.82) is 0 Å². The third-order valence-corrected chi connectivity index (χ3v) is 2.24. The Balaban J connectivity index is 2.41. The molecule has 0 aliphatic heterocycles. The molecule has 18 heavy (non-hydrogen) atoms. The average molecular weight is 251 g/mol. The number of methoxy groups -OCH3 is 1. The predicted octanol–water partition coefficient (Wildman–Crippen LogP) is 1.03. The maximum atomic E-state index is 11.4. The van der Waals surface area contributed by atoms with Gasteiger partial charge in [-0.05, 0) is 19.1 Å². The van der Waals surface area contributed by atoms with Gasteiger partial charge in [0.1, 0.15) is 5.75 Å². The third-order valence-electron chi connectivity index (χ3n) is 2.24. The fourth-order valence-corrected chi connectivity index (χ4v) is 1.30. The Morgan fingerprint density at radius 2 is 2.11 bits per heavy atom. The van der Waals surface area contributed by atoms with Crippen molar-refractivity contribution >= 4 is 11.7 Å². The second-order valence-electron chi connectivity index (χ2n) is 3.72. The molecule has 1 aromatic carbocycles. The minimum atomic E-state index is -0.222. The summed E-state index contributed by atoms with van der Waals surface area (Å²) in [4.78, 5) is 22.5. The van der Waals surface area contributed by atoms with E-state index in [0.29, 0.717) is 24.5 Å². The highest BCUT2D eigenvalue weighted by Crippen LogP contribution is 2.13. The minimum absolute atomic E-state index is 0.0370. The van der Waals surface area contributed by atoms with Gasteiger partial charge in [0.15, 0.2) is 12.4 Å². The normalized spacial score (nSPS) is 9.89. The van der Waals surface area contributed by atoms with Gasteiger partial charge in [-0.3, -0.25) is 9.59 Å². The van der Waals surface area contributed by atoms with E-state index < -0.39 is 0 Å². The van der Waals surface area contributed by atoms with Crippen LogP contribution in [0.15, 0.2) is 24.3 Å². The zero-order chi connectivity index (χ0) is 13.4. The quantitative estimate of drug-likeness (QED) is 0.580. The Kier molecular flexibility index (Phi) is 5.87. The van der Waals surface area contributed by atoms with Crippen molar-refractivity contribution in [1.82, 2.24) is 5.32 Å². The lowest BCUT2D eigenvalue weighted by Gasteiger charge is -2.07. The first-order chi connectivity index (χ1) is 8.63. The van der Waals surface area contributed by atoms with Crippen LogP contribution in [-0.4, -0.2) is 38.6 Å². The van der Waals surface area contributed by atoms with Crippen LogP contribution in [0, 0.1) is 0 Å². The largest absolute Gasteiger partial charge is 0.484 e. The zero-order valence-corrected chi connectivity index (χ0v) is 10.6. The fourth-order valence-electron chi connectivity index (χ4n) is 1.30. The molecule has 0 radical (unpaired) electrons. The molecule has 0 fully saturated rings. The van der Waals surface area contributed by atoms with Gasteiger partial charge in [0.2, 0.25) is 0 Å². The van der Waals surface area contributed by atoms with Crippen LogP contribution in [0.25, 0.3) is 0 Å². The number of carbonyl (C=O) groups excluding carboxylic acids is 2. The molecule has 0 spiro atoms. The SMILES string of the molecule is COCCNC(=O)COc1cccc(C(C)=O)c1. The first-order valence-corrected chi connectivity index (χ1v) is 5.63. The monoisotopic (exact) mass is 251 g/mol. The molecule has 0 unspecified atom stereocenters. The summed E-state index contributed by atoms with van der Waals surface area (Å²) in [5.41, 5.74) is 0.562. The molecule has 98 valence electrons. The highest BCUT2D eigenvalue weighted by molar-refractivity contribution is 5.94. The number of hydrogen-bond acceptors (Lipinski definition) is 4. The highest BCUT2D eigenvalue weighted by atomic mass is 16.5. The van der Waals surface area contributed by atoms with E-state index in [1.807, 2.05) is 0 Å². The molecule has 0 atom stereocenters. The Bertz CT molecular complexity index is 417. The molecule has 1 N–H and O–H groups in total. The van der Waals surface area contributed by atoms with Crippen molar-refractivity contribution in [2.24, 2.45) is 0 Å². The minimum Gasteiger partial charge on any atom is -0.484 e. The smallest absolute Gasteiger partial charge is 0.258 e. The van der Waals surface area contributed by atoms with Gasteiger partial charge in [0.05, 0.1) is 6.61 Å². The Labute approximate surface area is 106 Å². The molecule has 1 rings (SSSR count). The van der Waals surface area contributed by atoms with Gasteiger partial charge in [-0.25, -0.2) is 0 Å². The summed E-state index contributed by atoms with van der Waals surface area (Å²) in [5, 5.41) is 2.64. The Morgan fingerprint density at radius 3 is 2.78 bits per heavy atom. The lowest BCUT2D eigenvalue weighted by atomic mass is 10.1. The van der Waals surface area contributed by atoms with E-state index in [4.69, 9.17) is 9.47 Å². The molecular weight excluding hydrogens is 234 g/mol. The summed E-state index contributed by atoms with van der Waals surface area (Å²) in [6.07, 6.45) is 0. The van der Waals surface area contributed by atoms with E-state index in [2.05, 4.69) is 5.32 Å². The molecule has 0 heterocycles. The summed E-state index contributed by atoms with van der Waals surface area (Å²) in [6, 6.07) is 6.74. The lowest BCUT2D eigenvalue weighted by molar-refractivity contribution is -0.123. The molecule has 1 amide bonds. The molecule has 0 saturated heterocycles. The van der Waals surface area contributed by atoms with Crippen molar-refractivity contribution in [2.45, 2.75) is 6.92 Å². The van der Waals surface area contributed by atoms with Crippen molar-refractivity contribution in [3.63, 3.8) is 0 Å². The Hall–Kier alpha value is -1.88. The van der Waals surface area contributed by atoms with Gasteiger partial charge in [-0.15, -0.1) is 0 Å². The number of hydrogen-bond donors (Lipinski definition) is 1. The number of rotatable bonds is 7. The second-order valence-corrected chi connectivity index (χ2v) is 3.72. The average Bonchev–Trinajstić information content (AvgIpc) is 2.37. The lowest BCUT2D eigenvalue weighted by Crippen LogP contribution is -2.31. The molecule has 1 aromatic rings. The number of ketones is 1. The van der Waals surface area contributed by atoms with Gasteiger partial charge in [-0.2, -0.15) is 0 Å². The topological polar surface area (TPSA) is 64.6 Å². The highest BCUT2D eigenvalue weighted by Gasteiger charge is 2.04. The predicted molar refractivity (Wildman–Crippen MR) is 66.8 cm³/mol. The summed E-state index contributed by atoms with van der Waals surface area (Å²) in [5.74, 6) is 0.245. The van der Waals surface area contributed by atoms with Gasteiger partial charge in [0.25, 0.3) is 5.91 Å². The van der Waals surface area contributed by atoms with E-state index in [1.54, 1.807) is 31.4 Å². The first-order valence-electron chi connectivity index (χ1n) is 5.63. The number of amides is 1. The molecule has 0 aliphatic rings. The van der Waals surface area contributed by atoms with E-state index in [1.165, 1.54) is 6.92 Å². The van der Waals surface area contributed by atoms with E-state index in [0.717, 1.165) is 0 Å². The molecule has 5 heteroatoms. The number of benzene rings is 1. The fraction of sp³-hybridized carbons (Fsp3) is 0.385. The van der Waals surface area contributed by atoms with E-state index in [-0.39, 0.29) is 18.3 Å². The second kappa shape index (κ2) is 7.45. The van der Waals surface area contributed by atoms with Crippen molar-refractivity contribution < 1.29 is 19.1 Å². The molecule has 0 saturated carbocycles. The summed E-state index contributed by atoms with van der Waals surface area (Å²) in [6.45, 7) is 2.32. The summed E-state index contributed by atoms with van der Waals surface area (Å²) < 4.78 is 10.1. The Morgan fingerprint density at radius 1 is 1.33 bits per heavy atom. The molecule has 0 aliphatic carbocycles. The van der Waals surface area contributed by atoms with Crippen LogP contribution < -0.4 is 10.1 Å². The van der Waals surface area contributed by atoms with Crippen LogP contribution >= 0.6 is 0 Å². The maximum absolute atomic E-state index is 11.4. The molecule has 0 aromatic heterocycles. The summed E-state index contributed by atoms with van der Waals surface area (Å²) >= 11 is 0. The van der Waals surface area contributed by atoms with Crippen LogP contribution in [0.4, 0.5) is 0 Å². The number of ether oxygens (including phenoxy) is 2. The number of nitrogens with one attached hydrogen (secondary N) is 1. The number of carbonyl (C=O) groups is 2. The van der Waals surface area contributed by atoms with Crippen LogP contribution in [-0.2, 0) is 9.53 Å². The standard InChI is InChI=1S/C13H17NO4/c1-10(15)11-4-3-5-12(8-11)18-9-13(16)14-6-7-17-2/h3-5,8H,6-7,9H2,1-2H3,(H,14,16). The molecular formula is C13H17NO4. The van der Waals surface area contributed by atoms with Crippen molar-refractivity contribution in [3.8, 4) is 5.75 Å². The van der Waals surface area contributed by atoms with Crippen molar-refractivity contribution in [3.05, 3.63) is 29.8 Å². The molecule has 5 nitrogen and oxygen atoms in total. The van der Waals surface area contributed by atoms with Gasteiger partial charge in [-0.1, -0.05) is 12.1 Å². The van der Waals surface area contributed by atoms with E-state index in [9.17, 15) is 9.59 Å². The van der Waals surface area contributed by atoms with Crippen LogP contribution in [0.1, 0.15) is 17.3 Å². The van der Waals surface area contributed by atoms with Crippen molar-refractivity contribution in [2.75, 3.05) is 26.9 Å². The van der Waals surface area contributed by atoms with E-state index >= 15 is 0 Å². The van der Waals surface area contributed by atoms with Gasteiger partial charge < -0.3 is 14.8 Å². The van der Waals surface area contributed by atoms with Crippen LogP contribution in [0.3, 0.4) is 0 Å². The zero-order valence-electron chi connectivity index (χ0n) is 10.6. The first kappa shape index (κ1) is 14.2. The van der Waals surface area contributed by atoms with Crippen LogP contribution in [0.2, 0.25) is 0 Å².